The van der Waals surface area contributed by atoms with Gasteiger partial charge in [0.05, 0.1) is 12.2 Å². The zero-order valence-electron chi connectivity index (χ0n) is 18.7. The molecule has 0 amide bonds. The van der Waals surface area contributed by atoms with E-state index in [1.54, 1.807) is 6.92 Å². The predicted octanol–water partition coefficient (Wildman–Crippen LogP) is 5.41. The second-order valence-corrected chi connectivity index (χ2v) is 8.79. The van der Waals surface area contributed by atoms with Crippen molar-refractivity contribution in [3.05, 3.63) is 29.8 Å². The average Bonchev–Trinajstić information content (AvgIpc) is 2.67. The molecule has 9 heteroatoms. The first-order chi connectivity index (χ1) is 14.2. The summed E-state index contributed by atoms with van der Waals surface area (Å²) in [6.45, 7) is 4.39. The minimum Gasteiger partial charge on any atom is -0.508 e. The third-order valence-electron chi connectivity index (χ3n) is 4.09. The largest absolute Gasteiger partial charge is 0.508 e. The molecule has 0 bridgehead atoms. The Balaban J connectivity index is 0. The summed E-state index contributed by atoms with van der Waals surface area (Å²) in [6.07, 6.45) is 14.7. The Morgan fingerprint density at radius 2 is 1.27 bits per heavy atom. The Hall–Kier alpha value is -0.640. The number of hydrogen-bond donors (Lipinski definition) is 3. The Morgan fingerprint density at radius 1 is 0.867 bits per heavy atom. The molecule has 0 heterocycles. The zero-order chi connectivity index (χ0) is 23.3. The van der Waals surface area contributed by atoms with Crippen molar-refractivity contribution in [2.45, 2.75) is 81.7 Å². The number of hydrogen-bond acceptors (Lipinski definition) is 5. The van der Waals surface area contributed by atoms with Crippen LogP contribution in [0.2, 0.25) is 3.67 Å². The van der Waals surface area contributed by atoms with Crippen molar-refractivity contribution in [3.63, 3.8) is 0 Å². The fraction of sp³-hybridized carbons (Fsp3) is 0.667. The minimum atomic E-state index is -4.67. The van der Waals surface area contributed by atoms with E-state index in [1.165, 1.54) is 120 Å². The molecule has 1 aromatic rings. The number of esters is 1. The Morgan fingerprint density at radius 3 is 1.63 bits per heavy atom. The van der Waals surface area contributed by atoms with Crippen LogP contribution in [0, 0.1) is 0 Å². The molecule has 0 radical (unpaired) electrons. The van der Waals surface area contributed by atoms with Crippen LogP contribution in [0.4, 0.5) is 0 Å². The number of rotatable bonds is 12. The van der Waals surface area contributed by atoms with Crippen LogP contribution in [0.15, 0.2) is 24.3 Å². The molecule has 1 rings (SSSR count). The van der Waals surface area contributed by atoms with E-state index in [4.69, 9.17) is 27.4 Å². The van der Waals surface area contributed by atoms with E-state index in [1.807, 2.05) is 0 Å². The van der Waals surface area contributed by atoms with Crippen molar-refractivity contribution >= 4 is 44.3 Å². The number of ether oxygens (including phenoxy) is 1. The van der Waals surface area contributed by atoms with Crippen LogP contribution in [-0.2, 0) is 15.1 Å². The molecule has 0 unspecified atom stereocenters. The standard InChI is InChI=1S/C12H25.C9H10O3.Na.H2O4S/c1-3-5-7-9-11-12-10-8-6-4-2;1-2-12-9(11)7-3-5-8(10)6-4-7;;1-5(2,3)4/h1,3-12H2,2H3;3-6,10H,2H2,1H3;;(H2,1,2,3,4). The van der Waals surface area contributed by atoms with Crippen molar-refractivity contribution in [1.82, 2.24) is 0 Å². The molecule has 1 aromatic carbocycles. The van der Waals surface area contributed by atoms with Gasteiger partial charge in [-0.05, 0) is 31.2 Å². The third kappa shape index (κ3) is 27.4. The molecule has 0 spiro atoms. The summed E-state index contributed by atoms with van der Waals surface area (Å²) in [7, 11) is -4.67. The van der Waals surface area contributed by atoms with Gasteiger partial charge in [-0.1, -0.05) is 0 Å². The first-order valence-electron chi connectivity index (χ1n) is 10.8. The quantitative estimate of drug-likeness (QED) is 0.166. The molecule has 0 fully saturated rings. The van der Waals surface area contributed by atoms with Gasteiger partial charge in [-0.3, -0.25) is 9.11 Å². The van der Waals surface area contributed by atoms with Crippen molar-refractivity contribution in [1.29, 1.82) is 0 Å². The van der Waals surface area contributed by atoms with Crippen LogP contribution >= 0.6 is 0 Å². The van der Waals surface area contributed by atoms with Crippen LogP contribution < -0.4 is 0 Å². The maximum absolute atomic E-state index is 11.1. The number of unbranched alkanes of at least 4 members (excludes halogenated alkanes) is 9. The molecule has 0 saturated carbocycles. The van der Waals surface area contributed by atoms with Gasteiger partial charge < -0.3 is 9.84 Å². The van der Waals surface area contributed by atoms with Gasteiger partial charge in [-0.25, -0.2) is 4.79 Å². The van der Waals surface area contributed by atoms with Crippen LogP contribution in [-0.4, -0.2) is 63.1 Å². The molecule has 0 aromatic heterocycles. The van der Waals surface area contributed by atoms with E-state index < -0.39 is 10.4 Å². The average molecular weight is 457 g/mol. The van der Waals surface area contributed by atoms with Gasteiger partial charge in [0.15, 0.2) is 0 Å². The smallest absolute Gasteiger partial charge is 0.394 e. The number of phenolic OH excluding ortho intramolecular Hbond substituents is 1. The second kappa shape index (κ2) is 21.6. The Labute approximate surface area is 199 Å². The van der Waals surface area contributed by atoms with Gasteiger partial charge in [0, 0.05) is 0 Å². The van der Waals surface area contributed by atoms with E-state index >= 15 is 0 Å². The molecule has 30 heavy (non-hydrogen) atoms. The van der Waals surface area contributed by atoms with Crippen LogP contribution in [0.3, 0.4) is 0 Å². The SMILES string of the molecule is CCCCCCCCCCC[CH2][Na].CCOC(=O)c1ccc(O)cc1.O=S(=O)(O)O. The summed E-state index contributed by atoms with van der Waals surface area (Å²) in [5, 5.41) is 8.92. The second-order valence-electron chi connectivity index (χ2n) is 6.90. The molecule has 0 atom stereocenters. The maximum atomic E-state index is 11.1. The van der Waals surface area contributed by atoms with E-state index in [9.17, 15) is 4.79 Å². The van der Waals surface area contributed by atoms with Crippen LogP contribution in [0.25, 0.3) is 0 Å². The minimum absolute atomic E-state index is 0.142. The summed E-state index contributed by atoms with van der Waals surface area (Å²) < 4.78 is 37.8. The molecule has 0 aliphatic carbocycles. The van der Waals surface area contributed by atoms with Gasteiger partial charge in [-0.15, -0.1) is 0 Å². The maximum Gasteiger partial charge on any atom is 0.394 e. The van der Waals surface area contributed by atoms with E-state index in [0.29, 0.717) is 12.2 Å². The number of phenols is 1. The Kier molecular flexibility index (Phi) is 22.7. The fourth-order valence-electron chi connectivity index (χ4n) is 2.55. The molecule has 3 N–H and O–H groups in total. The van der Waals surface area contributed by atoms with Crippen LogP contribution in [0.5, 0.6) is 5.75 Å². The van der Waals surface area contributed by atoms with Crippen molar-refractivity contribution < 1.29 is 32.2 Å². The molecular formula is C21H37NaO7S. The Bertz CT molecular complexity index is 601. The summed E-state index contributed by atoms with van der Waals surface area (Å²) >= 11 is 1.41. The van der Waals surface area contributed by atoms with Gasteiger partial charge in [-0.2, -0.15) is 8.42 Å². The molecule has 0 aliphatic heterocycles. The predicted molar refractivity (Wildman–Crippen MR) is 121 cm³/mol. The summed E-state index contributed by atoms with van der Waals surface area (Å²) in [5.74, 6) is -0.222. The van der Waals surface area contributed by atoms with E-state index in [0.717, 1.165) is 0 Å². The molecule has 7 nitrogen and oxygen atoms in total. The number of aromatic hydroxyl groups is 1. The van der Waals surface area contributed by atoms with E-state index in [2.05, 4.69) is 6.92 Å². The summed E-state index contributed by atoms with van der Waals surface area (Å²) in [6, 6.07) is 5.94. The van der Waals surface area contributed by atoms with Gasteiger partial charge in [0.1, 0.15) is 5.75 Å². The zero-order valence-corrected chi connectivity index (χ0v) is 21.5. The number of benzene rings is 1. The van der Waals surface area contributed by atoms with Crippen molar-refractivity contribution in [2.75, 3.05) is 6.61 Å². The first-order valence-corrected chi connectivity index (χ1v) is 13.6. The van der Waals surface area contributed by atoms with Crippen molar-refractivity contribution in [3.8, 4) is 5.75 Å². The molecule has 0 aliphatic rings. The van der Waals surface area contributed by atoms with Crippen molar-refractivity contribution in [2.24, 2.45) is 0 Å². The van der Waals surface area contributed by atoms with Crippen LogP contribution in [0.1, 0.15) is 88.4 Å². The number of carbonyl (C=O) groups excluding carboxylic acids is 1. The summed E-state index contributed by atoms with van der Waals surface area (Å²) in [5.41, 5.74) is 0.453. The third-order valence-corrected chi connectivity index (χ3v) is 4.79. The van der Waals surface area contributed by atoms with Gasteiger partial charge in [0.25, 0.3) is 0 Å². The fourth-order valence-corrected chi connectivity index (χ4v) is 3.05. The molecule has 0 saturated heterocycles. The van der Waals surface area contributed by atoms with Gasteiger partial charge in [0.2, 0.25) is 0 Å². The normalized spacial score (nSPS) is 10.3. The van der Waals surface area contributed by atoms with Gasteiger partial charge >= 0.3 is 119 Å². The molecular weight excluding hydrogens is 419 g/mol. The van der Waals surface area contributed by atoms with E-state index in [-0.39, 0.29) is 11.7 Å². The topological polar surface area (TPSA) is 121 Å². The first kappa shape index (κ1) is 31.5. The molecule has 170 valence electrons. The summed E-state index contributed by atoms with van der Waals surface area (Å²) in [4.78, 5) is 11.1. The number of carbonyl (C=O) groups is 1. The monoisotopic (exact) mass is 456 g/mol.